The Hall–Kier alpha value is -0.900. The molecule has 0 spiro atoms. The van der Waals surface area contributed by atoms with Gasteiger partial charge in [0.25, 0.3) is 0 Å². The molecule has 1 fully saturated rings. The Morgan fingerprint density at radius 2 is 1.89 bits per heavy atom. The van der Waals surface area contributed by atoms with Crippen molar-refractivity contribution in [3.05, 3.63) is 35.4 Å². The minimum absolute atomic E-state index is 0.523. The highest BCUT2D eigenvalue weighted by atomic mass is 16.5. The minimum Gasteiger partial charge on any atom is -0.385 e. The molecular formula is C16H26N2O. The molecule has 1 saturated carbocycles. The highest BCUT2D eigenvalue weighted by Gasteiger charge is 2.41. The van der Waals surface area contributed by atoms with E-state index in [1.54, 1.807) is 7.11 Å². The van der Waals surface area contributed by atoms with Gasteiger partial charge in [-0.1, -0.05) is 24.3 Å². The van der Waals surface area contributed by atoms with Crippen LogP contribution in [-0.4, -0.2) is 26.8 Å². The van der Waals surface area contributed by atoms with E-state index < -0.39 is 0 Å². The number of nitrogens with one attached hydrogen (secondary N) is 1. The summed E-state index contributed by atoms with van der Waals surface area (Å²) in [5.74, 6) is 0. The fourth-order valence-electron chi connectivity index (χ4n) is 2.47. The third kappa shape index (κ3) is 4.60. The van der Waals surface area contributed by atoms with Crippen molar-refractivity contribution in [1.29, 1.82) is 0 Å². The predicted molar refractivity (Wildman–Crippen MR) is 79.1 cm³/mol. The van der Waals surface area contributed by atoms with Crippen LogP contribution < -0.4 is 11.1 Å². The van der Waals surface area contributed by atoms with Crippen LogP contribution >= 0.6 is 0 Å². The summed E-state index contributed by atoms with van der Waals surface area (Å²) >= 11 is 0. The van der Waals surface area contributed by atoms with Crippen LogP contribution in [0.5, 0.6) is 0 Å². The monoisotopic (exact) mass is 262 g/mol. The molecule has 3 heteroatoms. The first-order chi connectivity index (χ1) is 9.28. The van der Waals surface area contributed by atoms with Gasteiger partial charge >= 0.3 is 0 Å². The molecule has 1 aliphatic rings. The summed E-state index contributed by atoms with van der Waals surface area (Å²) in [6.45, 7) is 3.67. The van der Waals surface area contributed by atoms with Crippen LogP contribution in [0.3, 0.4) is 0 Å². The van der Waals surface area contributed by atoms with E-state index in [-0.39, 0.29) is 0 Å². The summed E-state index contributed by atoms with van der Waals surface area (Å²) in [6, 6.07) is 8.77. The van der Waals surface area contributed by atoms with Gasteiger partial charge in [0.1, 0.15) is 0 Å². The second-order valence-electron chi connectivity index (χ2n) is 5.70. The number of hydrogen-bond acceptors (Lipinski definition) is 3. The molecule has 0 heterocycles. The highest BCUT2D eigenvalue weighted by Crippen LogP contribution is 2.48. The van der Waals surface area contributed by atoms with Crippen molar-refractivity contribution in [3.63, 3.8) is 0 Å². The first-order valence-electron chi connectivity index (χ1n) is 7.25. The van der Waals surface area contributed by atoms with Gasteiger partial charge in [0, 0.05) is 26.8 Å². The molecule has 0 radical (unpaired) electrons. The van der Waals surface area contributed by atoms with Crippen molar-refractivity contribution < 1.29 is 4.74 Å². The van der Waals surface area contributed by atoms with Crippen molar-refractivity contribution >= 4 is 0 Å². The van der Waals surface area contributed by atoms with Crippen LogP contribution in [0.15, 0.2) is 24.3 Å². The van der Waals surface area contributed by atoms with Crippen LogP contribution in [-0.2, 0) is 17.7 Å². The van der Waals surface area contributed by atoms with Crippen molar-refractivity contribution in [1.82, 2.24) is 5.32 Å². The van der Waals surface area contributed by atoms with E-state index in [2.05, 4.69) is 29.6 Å². The minimum atomic E-state index is 0.523. The predicted octanol–water partition coefficient (Wildman–Crippen LogP) is 2.09. The number of hydrogen-bond donors (Lipinski definition) is 2. The molecule has 0 saturated heterocycles. The molecule has 1 aliphatic carbocycles. The summed E-state index contributed by atoms with van der Waals surface area (Å²) in [7, 11) is 1.78. The molecule has 0 aromatic heterocycles. The average molecular weight is 262 g/mol. The third-order valence-electron chi connectivity index (χ3n) is 4.08. The number of methoxy groups -OCH3 is 1. The number of nitrogens with two attached hydrogens (primary N) is 1. The van der Waals surface area contributed by atoms with Crippen LogP contribution in [0.25, 0.3) is 0 Å². The smallest absolute Gasteiger partial charge is 0.0468 e. The van der Waals surface area contributed by atoms with Gasteiger partial charge in [0.15, 0.2) is 0 Å². The number of rotatable bonds is 9. The lowest BCUT2D eigenvalue weighted by atomic mass is 10.0. The van der Waals surface area contributed by atoms with E-state index in [1.807, 2.05) is 0 Å². The summed E-state index contributed by atoms with van der Waals surface area (Å²) in [5, 5.41) is 3.58. The molecule has 1 aromatic rings. The molecule has 0 atom stereocenters. The quantitative estimate of drug-likeness (QED) is 0.716. The second-order valence-corrected chi connectivity index (χ2v) is 5.70. The number of benzene rings is 1. The van der Waals surface area contributed by atoms with E-state index in [4.69, 9.17) is 10.5 Å². The van der Waals surface area contributed by atoms with E-state index in [0.29, 0.717) is 5.41 Å². The molecule has 1 aromatic carbocycles. The van der Waals surface area contributed by atoms with Gasteiger partial charge in [0.2, 0.25) is 0 Å². The largest absolute Gasteiger partial charge is 0.385 e. The van der Waals surface area contributed by atoms with E-state index in [9.17, 15) is 0 Å². The van der Waals surface area contributed by atoms with Gasteiger partial charge in [0.05, 0.1) is 0 Å². The Balaban J connectivity index is 1.70. The first-order valence-corrected chi connectivity index (χ1v) is 7.25. The topological polar surface area (TPSA) is 47.3 Å². The zero-order chi connectivity index (χ0) is 13.6. The van der Waals surface area contributed by atoms with Gasteiger partial charge in [-0.3, -0.25) is 0 Å². The Morgan fingerprint density at radius 1 is 1.21 bits per heavy atom. The second kappa shape index (κ2) is 7.04. The summed E-state index contributed by atoms with van der Waals surface area (Å²) in [5.41, 5.74) is 8.75. The van der Waals surface area contributed by atoms with Crippen molar-refractivity contribution in [2.75, 3.05) is 26.8 Å². The van der Waals surface area contributed by atoms with Gasteiger partial charge in [-0.15, -0.1) is 0 Å². The summed E-state index contributed by atoms with van der Waals surface area (Å²) < 4.78 is 5.18. The Bertz CT molecular complexity index is 371. The van der Waals surface area contributed by atoms with Crippen LogP contribution in [0.4, 0.5) is 0 Å². The Labute approximate surface area is 116 Å². The van der Waals surface area contributed by atoms with E-state index in [1.165, 1.54) is 30.4 Å². The maximum atomic E-state index is 5.55. The molecule has 0 bridgehead atoms. The zero-order valence-electron chi connectivity index (χ0n) is 12.0. The lowest BCUT2D eigenvalue weighted by Gasteiger charge is -2.15. The van der Waals surface area contributed by atoms with Gasteiger partial charge in [-0.2, -0.15) is 0 Å². The van der Waals surface area contributed by atoms with E-state index in [0.717, 1.165) is 32.7 Å². The van der Waals surface area contributed by atoms with Crippen molar-refractivity contribution in [3.8, 4) is 0 Å². The summed E-state index contributed by atoms with van der Waals surface area (Å²) in [4.78, 5) is 0. The Morgan fingerprint density at radius 3 is 2.47 bits per heavy atom. The molecule has 0 amide bonds. The average Bonchev–Trinajstić information content (AvgIpc) is 3.19. The van der Waals surface area contributed by atoms with Crippen LogP contribution in [0.2, 0.25) is 0 Å². The lowest BCUT2D eigenvalue weighted by molar-refractivity contribution is 0.171. The summed E-state index contributed by atoms with van der Waals surface area (Å²) in [6.07, 6.45) is 4.84. The fourth-order valence-corrected chi connectivity index (χ4v) is 2.47. The van der Waals surface area contributed by atoms with Gasteiger partial charge in [-0.05, 0) is 48.8 Å². The first kappa shape index (κ1) is 14.5. The van der Waals surface area contributed by atoms with Gasteiger partial charge in [-0.25, -0.2) is 0 Å². The van der Waals surface area contributed by atoms with Crippen LogP contribution in [0.1, 0.15) is 30.4 Å². The van der Waals surface area contributed by atoms with Crippen LogP contribution in [0, 0.1) is 5.41 Å². The molecule has 0 unspecified atom stereocenters. The fraction of sp³-hybridized carbons (Fsp3) is 0.625. The highest BCUT2D eigenvalue weighted by molar-refractivity contribution is 5.22. The maximum absolute atomic E-state index is 5.55. The SMILES string of the molecule is COCCC1(CNCc2ccc(CCN)cc2)CC1. The van der Waals surface area contributed by atoms with Crippen molar-refractivity contribution in [2.45, 2.75) is 32.2 Å². The maximum Gasteiger partial charge on any atom is 0.0468 e. The molecule has 2 rings (SSSR count). The molecule has 19 heavy (non-hydrogen) atoms. The molecule has 106 valence electrons. The standard InChI is InChI=1S/C16H26N2O/c1-19-11-9-16(7-8-16)13-18-12-15-4-2-14(3-5-15)6-10-17/h2-5,18H,6-13,17H2,1H3. The zero-order valence-corrected chi connectivity index (χ0v) is 12.0. The third-order valence-corrected chi connectivity index (χ3v) is 4.08. The Kier molecular flexibility index (Phi) is 5.37. The molecule has 3 nitrogen and oxygen atoms in total. The molecule has 3 N–H and O–H groups in total. The number of ether oxygens (including phenoxy) is 1. The van der Waals surface area contributed by atoms with Gasteiger partial charge < -0.3 is 15.8 Å². The van der Waals surface area contributed by atoms with E-state index >= 15 is 0 Å². The molecular weight excluding hydrogens is 236 g/mol. The van der Waals surface area contributed by atoms with Crippen molar-refractivity contribution in [2.24, 2.45) is 11.1 Å². The lowest BCUT2D eigenvalue weighted by Crippen LogP contribution is -2.24. The normalized spacial score (nSPS) is 16.5. The molecule has 0 aliphatic heterocycles.